The van der Waals surface area contributed by atoms with Crippen molar-refractivity contribution in [3.63, 3.8) is 0 Å². The SMILES string of the molecule is CCc1ccc(C(=O)c2cc(Br)ccc2Cl)cn1. The minimum absolute atomic E-state index is 0.114. The molecule has 0 radical (unpaired) electrons. The van der Waals surface area contributed by atoms with Crippen molar-refractivity contribution >= 4 is 33.3 Å². The van der Waals surface area contributed by atoms with Crippen LogP contribution in [0.4, 0.5) is 0 Å². The minimum Gasteiger partial charge on any atom is -0.288 e. The van der Waals surface area contributed by atoms with E-state index in [1.807, 2.05) is 13.0 Å². The van der Waals surface area contributed by atoms with Crippen molar-refractivity contribution in [2.75, 3.05) is 0 Å². The van der Waals surface area contributed by atoms with Gasteiger partial charge in [-0.15, -0.1) is 0 Å². The van der Waals surface area contributed by atoms with Crippen LogP contribution in [0.25, 0.3) is 0 Å². The molecule has 2 rings (SSSR count). The van der Waals surface area contributed by atoms with E-state index in [2.05, 4.69) is 20.9 Å². The van der Waals surface area contributed by atoms with E-state index in [0.717, 1.165) is 16.6 Å². The molecule has 0 atom stereocenters. The number of hydrogen-bond acceptors (Lipinski definition) is 2. The summed E-state index contributed by atoms with van der Waals surface area (Å²) in [7, 11) is 0. The average molecular weight is 325 g/mol. The Morgan fingerprint density at radius 3 is 2.72 bits per heavy atom. The van der Waals surface area contributed by atoms with Gasteiger partial charge in [-0.25, -0.2) is 0 Å². The van der Waals surface area contributed by atoms with Gasteiger partial charge in [-0.3, -0.25) is 9.78 Å². The molecule has 2 aromatic rings. The standard InChI is InChI=1S/C14H11BrClNO/c1-2-11-5-3-9(8-17-11)14(18)12-7-10(15)4-6-13(12)16/h3-8H,2H2,1H3. The number of halogens is 2. The Hall–Kier alpha value is -1.19. The fraction of sp³-hybridized carbons (Fsp3) is 0.143. The molecular formula is C14H11BrClNO. The number of rotatable bonds is 3. The van der Waals surface area contributed by atoms with Crippen LogP contribution in [-0.2, 0) is 6.42 Å². The predicted octanol–water partition coefficient (Wildman–Crippen LogP) is 4.29. The summed E-state index contributed by atoms with van der Waals surface area (Å²) in [4.78, 5) is 16.5. The Bertz CT molecular complexity index is 581. The lowest BCUT2D eigenvalue weighted by atomic mass is 10.0. The van der Waals surface area contributed by atoms with Gasteiger partial charge in [0, 0.05) is 27.5 Å². The molecule has 18 heavy (non-hydrogen) atoms. The van der Waals surface area contributed by atoms with Gasteiger partial charge >= 0.3 is 0 Å². The Labute approximate surface area is 119 Å². The van der Waals surface area contributed by atoms with Crippen LogP contribution in [-0.4, -0.2) is 10.8 Å². The van der Waals surface area contributed by atoms with Crippen LogP contribution < -0.4 is 0 Å². The van der Waals surface area contributed by atoms with E-state index in [0.29, 0.717) is 16.1 Å². The van der Waals surface area contributed by atoms with Crippen molar-refractivity contribution < 1.29 is 4.79 Å². The van der Waals surface area contributed by atoms with E-state index in [4.69, 9.17) is 11.6 Å². The van der Waals surface area contributed by atoms with Crippen LogP contribution >= 0.6 is 27.5 Å². The van der Waals surface area contributed by atoms with Crippen LogP contribution in [0.15, 0.2) is 41.0 Å². The zero-order chi connectivity index (χ0) is 13.1. The van der Waals surface area contributed by atoms with E-state index in [9.17, 15) is 4.79 Å². The third-order valence-electron chi connectivity index (χ3n) is 2.62. The van der Waals surface area contributed by atoms with Crippen LogP contribution in [0.2, 0.25) is 5.02 Å². The summed E-state index contributed by atoms with van der Waals surface area (Å²) in [5.41, 5.74) is 2.00. The average Bonchev–Trinajstić information content (AvgIpc) is 2.41. The van der Waals surface area contributed by atoms with Gasteiger partial charge in [0.25, 0.3) is 0 Å². The van der Waals surface area contributed by atoms with E-state index >= 15 is 0 Å². The summed E-state index contributed by atoms with van der Waals surface area (Å²) in [5.74, 6) is -0.114. The van der Waals surface area contributed by atoms with Crippen molar-refractivity contribution in [3.05, 3.63) is 62.8 Å². The molecule has 2 nitrogen and oxygen atoms in total. The van der Waals surface area contributed by atoms with E-state index in [1.165, 1.54) is 0 Å². The van der Waals surface area contributed by atoms with Gasteiger partial charge in [0.15, 0.2) is 5.78 Å². The van der Waals surface area contributed by atoms with Gasteiger partial charge in [0.05, 0.1) is 5.02 Å². The first-order valence-corrected chi connectivity index (χ1v) is 6.73. The molecule has 0 saturated carbocycles. The highest BCUT2D eigenvalue weighted by atomic mass is 79.9. The lowest BCUT2D eigenvalue weighted by Gasteiger charge is -2.05. The van der Waals surface area contributed by atoms with Crippen LogP contribution in [0.3, 0.4) is 0 Å². The first-order valence-electron chi connectivity index (χ1n) is 5.56. The second-order valence-corrected chi connectivity index (χ2v) is 5.17. The lowest BCUT2D eigenvalue weighted by Crippen LogP contribution is -2.03. The van der Waals surface area contributed by atoms with Crippen molar-refractivity contribution in [2.24, 2.45) is 0 Å². The maximum atomic E-state index is 12.3. The Kier molecular flexibility index (Phi) is 4.15. The van der Waals surface area contributed by atoms with Crippen LogP contribution in [0.5, 0.6) is 0 Å². The first-order chi connectivity index (χ1) is 8.61. The summed E-state index contributed by atoms with van der Waals surface area (Å²) in [6.07, 6.45) is 2.45. The maximum Gasteiger partial charge on any atom is 0.196 e. The number of hydrogen-bond donors (Lipinski definition) is 0. The first kappa shape index (κ1) is 13.2. The van der Waals surface area contributed by atoms with Crippen molar-refractivity contribution in [3.8, 4) is 0 Å². The Morgan fingerprint density at radius 2 is 2.11 bits per heavy atom. The van der Waals surface area contributed by atoms with E-state index in [-0.39, 0.29) is 5.78 Å². The largest absolute Gasteiger partial charge is 0.288 e. The molecule has 0 amide bonds. The maximum absolute atomic E-state index is 12.3. The third kappa shape index (κ3) is 2.79. The molecule has 0 fully saturated rings. The summed E-state index contributed by atoms with van der Waals surface area (Å²) in [6.45, 7) is 2.02. The quantitative estimate of drug-likeness (QED) is 0.788. The molecule has 0 saturated heterocycles. The third-order valence-corrected chi connectivity index (χ3v) is 3.45. The van der Waals surface area contributed by atoms with E-state index in [1.54, 1.807) is 30.5 Å². The molecule has 4 heteroatoms. The van der Waals surface area contributed by atoms with Crippen LogP contribution in [0.1, 0.15) is 28.5 Å². The zero-order valence-corrected chi connectivity index (χ0v) is 12.1. The van der Waals surface area contributed by atoms with Crippen molar-refractivity contribution in [1.29, 1.82) is 0 Å². The number of pyridine rings is 1. The smallest absolute Gasteiger partial charge is 0.196 e. The molecule has 1 aromatic heterocycles. The number of carbonyl (C=O) groups excluding carboxylic acids is 1. The number of ketones is 1. The van der Waals surface area contributed by atoms with Crippen molar-refractivity contribution in [2.45, 2.75) is 13.3 Å². The monoisotopic (exact) mass is 323 g/mol. The number of aromatic nitrogens is 1. The topological polar surface area (TPSA) is 30.0 Å². The molecule has 0 N–H and O–H groups in total. The van der Waals surface area contributed by atoms with E-state index < -0.39 is 0 Å². The number of benzene rings is 1. The molecule has 0 bridgehead atoms. The van der Waals surface area contributed by atoms with Gasteiger partial charge < -0.3 is 0 Å². The summed E-state index contributed by atoms with van der Waals surface area (Å²) in [5, 5.41) is 0.447. The number of nitrogens with zero attached hydrogens (tertiary/aromatic N) is 1. The fourth-order valence-corrected chi connectivity index (χ4v) is 2.16. The number of carbonyl (C=O) groups is 1. The molecule has 0 spiro atoms. The van der Waals surface area contributed by atoms with Gasteiger partial charge in [-0.05, 0) is 36.8 Å². The summed E-state index contributed by atoms with van der Waals surface area (Å²) < 4.78 is 0.827. The second-order valence-electron chi connectivity index (χ2n) is 3.85. The Balaban J connectivity index is 2.38. The fourth-order valence-electron chi connectivity index (χ4n) is 1.59. The summed E-state index contributed by atoms with van der Waals surface area (Å²) >= 11 is 9.37. The number of aryl methyl sites for hydroxylation is 1. The molecule has 0 aliphatic rings. The highest BCUT2D eigenvalue weighted by Gasteiger charge is 2.13. The predicted molar refractivity (Wildman–Crippen MR) is 76.2 cm³/mol. The molecule has 92 valence electrons. The van der Waals surface area contributed by atoms with Gasteiger partial charge in [-0.1, -0.05) is 34.5 Å². The highest BCUT2D eigenvalue weighted by molar-refractivity contribution is 9.10. The highest BCUT2D eigenvalue weighted by Crippen LogP contribution is 2.23. The molecule has 1 heterocycles. The molecular weight excluding hydrogens is 314 g/mol. The van der Waals surface area contributed by atoms with Crippen molar-refractivity contribution in [1.82, 2.24) is 4.98 Å². The molecule has 0 unspecified atom stereocenters. The summed E-state index contributed by atoms with van der Waals surface area (Å²) in [6, 6.07) is 8.87. The minimum atomic E-state index is -0.114. The molecule has 0 aliphatic heterocycles. The zero-order valence-electron chi connectivity index (χ0n) is 9.78. The van der Waals surface area contributed by atoms with Gasteiger partial charge in [0.2, 0.25) is 0 Å². The van der Waals surface area contributed by atoms with Gasteiger partial charge in [-0.2, -0.15) is 0 Å². The second kappa shape index (κ2) is 5.63. The molecule has 1 aromatic carbocycles. The Morgan fingerprint density at radius 1 is 1.33 bits per heavy atom. The lowest BCUT2D eigenvalue weighted by molar-refractivity contribution is 0.103. The van der Waals surface area contributed by atoms with Gasteiger partial charge in [0.1, 0.15) is 0 Å². The van der Waals surface area contributed by atoms with Crippen LogP contribution in [0, 0.1) is 0 Å². The normalized spacial score (nSPS) is 10.4. The molecule has 0 aliphatic carbocycles.